The topological polar surface area (TPSA) is 50.5 Å². The first-order valence-electron chi connectivity index (χ1n) is 8.59. The Morgan fingerprint density at radius 1 is 1.08 bits per heavy atom. The molecule has 0 unspecified atom stereocenters. The number of anilines is 1. The van der Waals surface area contributed by atoms with E-state index in [2.05, 4.69) is 18.7 Å². The highest BCUT2D eigenvalue weighted by Crippen LogP contribution is 2.32. The molecule has 4 nitrogen and oxygen atoms in total. The van der Waals surface area contributed by atoms with Gasteiger partial charge in [0, 0.05) is 41.7 Å². The van der Waals surface area contributed by atoms with E-state index in [4.69, 9.17) is 16.0 Å². The van der Waals surface area contributed by atoms with Crippen LogP contribution >= 0.6 is 11.6 Å². The number of hydrogen-bond donors (Lipinski definition) is 0. The zero-order valence-corrected chi connectivity index (χ0v) is 15.5. The smallest absolute Gasteiger partial charge is 0.347 e. The van der Waals surface area contributed by atoms with Crippen molar-refractivity contribution in [2.75, 3.05) is 18.0 Å². The van der Waals surface area contributed by atoms with E-state index in [1.165, 1.54) is 0 Å². The van der Waals surface area contributed by atoms with Crippen LogP contribution in [-0.4, -0.2) is 19.4 Å². The number of rotatable bonds is 6. The molecule has 0 radical (unpaired) electrons. The van der Waals surface area contributed by atoms with Gasteiger partial charge in [-0.2, -0.15) is 0 Å². The van der Waals surface area contributed by atoms with Crippen LogP contribution in [0.2, 0.25) is 0 Å². The van der Waals surface area contributed by atoms with Gasteiger partial charge in [0.15, 0.2) is 6.29 Å². The summed E-state index contributed by atoms with van der Waals surface area (Å²) in [5.74, 6) is 0.408. The molecule has 134 valence electrons. The fraction of sp³-hybridized carbons (Fsp3) is 0.238. The lowest BCUT2D eigenvalue weighted by atomic mass is 9.96. The third-order valence-electron chi connectivity index (χ3n) is 4.57. The molecule has 1 heterocycles. The van der Waals surface area contributed by atoms with Gasteiger partial charge >= 0.3 is 5.63 Å². The monoisotopic (exact) mass is 369 g/mol. The molecule has 0 fully saturated rings. The number of hydrogen-bond acceptors (Lipinski definition) is 4. The molecule has 1 aromatic heterocycles. The van der Waals surface area contributed by atoms with Gasteiger partial charge in [0.2, 0.25) is 0 Å². The zero-order chi connectivity index (χ0) is 18.7. The number of carbonyl (C=O) groups excluding carboxylic acids is 1. The first-order valence-corrected chi connectivity index (χ1v) is 9.12. The van der Waals surface area contributed by atoms with E-state index in [1.54, 1.807) is 0 Å². The highest BCUT2D eigenvalue weighted by molar-refractivity contribution is 6.17. The summed E-state index contributed by atoms with van der Waals surface area (Å²) in [7, 11) is 0. The highest BCUT2D eigenvalue weighted by Gasteiger charge is 2.17. The van der Waals surface area contributed by atoms with Gasteiger partial charge in [-0.3, -0.25) is 4.79 Å². The Kier molecular flexibility index (Phi) is 5.43. The summed E-state index contributed by atoms with van der Waals surface area (Å²) in [4.78, 5) is 26.1. The summed E-state index contributed by atoms with van der Waals surface area (Å²) < 4.78 is 5.44. The molecule has 0 amide bonds. The molecule has 5 heteroatoms. The minimum absolute atomic E-state index is 0.0340. The Morgan fingerprint density at radius 3 is 2.35 bits per heavy atom. The summed E-state index contributed by atoms with van der Waals surface area (Å²) in [6.07, 6.45) is 0.564. The van der Waals surface area contributed by atoms with Crippen molar-refractivity contribution >= 4 is 34.5 Å². The van der Waals surface area contributed by atoms with Gasteiger partial charge in [0.05, 0.1) is 0 Å². The fourth-order valence-electron chi connectivity index (χ4n) is 3.17. The molecule has 0 spiro atoms. The SMILES string of the molecule is CCN(CC)c1ccc2c(-c3ccc(CCl)cc3)c(C=O)c(=O)oc2c1. The molecule has 0 aliphatic carbocycles. The van der Waals surface area contributed by atoms with Crippen molar-refractivity contribution in [1.82, 2.24) is 0 Å². The molecule has 0 saturated heterocycles. The number of halogens is 1. The van der Waals surface area contributed by atoms with E-state index in [1.807, 2.05) is 42.5 Å². The number of benzene rings is 2. The van der Waals surface area contributed by atoms with Gasteiger partial charge in [-0.25, -0.2) is 4.79 Å². The van der Waals surface area contributed by atoms with Crippen LogP contribution in [-0.2, 0) is 5.88 Å². The number of alkyl halides is 1. The van der Waals surface area contributed by atoms with Gasteiger partial charge in [-0.05, 0) is 37.1 Å². The summed E-state index contributed by atoms with van der Waals surface area (Å²) in [6.45, 7) is 5.85. The molecular weight excluding hydrogens is 350 g/mol. The molecule has 0 saturated carbocycles. The van der Waals surface area contributed by atoms with Crippen LogP contribution in [0.15, 0.2) is 51.7 Å². The third-order valence-corrected chi connectivity index (χ3v) is 4.88. The predicted molar refractivity (Wildman–Crippen MR) is 106 cm³/mol. The highest BCUT2D eigenvalue weighted by atomic mass is 35.5. The molecular formula is C21H20ClNO3. The number of aldehydes is 1. The van der Waals surface area contributed by atoms with E-state index in [0.717, 1.165) is 35.3 Å². The Morgan fingerprint density at radius 2 is 1.77 bits per heavy atom. The van der Waals surface area contributed by atoms with Crippen LogP contribution in [0.1, 0.15) is 29.8 Å². The van der Waals surface area contributed by atoms with Gasteiger partial charge in [0.1, 0.15) is 11.1 Å². The number of nitrogens with zero attached hydrogens (tertiary/aromatic N) is 1. The largest absolute Gasteiger partial charge is 0.422 e. The average molecular weight is 370 g/mol. The van der Waals surface area contributed by atoms with Crippen LogP contribution in [0.25, 0.3) is 22.1 Å². The Balaban J connectivity index is 2.28. The summed E-state index contributed by atoms with van der Waals surface area (Å²) in [5.41, 5.74) is 3.22. The van der Waals surface area contributed by atoms with E-state index < -0.39 is 5.63 Å². The van der Waals surface area contributed by atoms with Gasteiger partial charge in [-0.15, -0.1) is 11.6 Å². The first-order chi connectivity index (χ1) is 12.6. The van der Waals surface area contributed by atoms with E-state index in [9.17, 15) is 9.59 Å². The van der Waals surface area contributed by atoms with Crippen molar-refractivity contribution in [2.24, 2.45) is 0 Å². The predicted octanol–water partition coefficient (Wildman–Crippen LogP) is 4.86. The van der Waals surface area contributed by atoms with Gasteiger partial charge in [-0.1, -0.05) is 24.3 Å². The lowest BCUT2D eigenvalue weighted by molar-refractivity contribution is 0.112. The maximum absolute atomic E-state index is 12.4. The van der Waals surface area contributed by atoms with Crippen molar-refractivity contribution in [2.45, 2.75) is 19.7 Å². The minimum Gasteiger partial charge on any atom is -0.422 e. The second kappa shape index (κ2) is 7.75. The molecule has 0 atom stereocenters. The fourth-order valence-corrected chi connectivity index (χ4v) is 3.35. The zero-order valence-electron chi connectivity index (χ0n) is 14.8. The van der Waals surface area contributed by atoms with Crippen molar-refractivity contribution < 1.29 is 9.21 Å². The molecule has 0 aliphatic rings. The lowest BCUT2D eigenvalue weighted by Crippen LogP contribution is -2.21. The van der Waals surface area contributed by atoms with Crippen molar-refractivity contribution in [3.8, 4) is 11.1 Å². The molecule has 0 aliphatic heterocycles. The number of fused-ring (bicyclic) bond motifs is 1. The molecule has 0 N–H and O–H groups in total. The normalized spacial score (nSPS) is 10.9. The second-order valence-corrected chi connectivity index (χ2v) is 6.25. The maximum atomic E-state index is 12.4. The molecule has 3 aromatic rings. The van der Waals surface area contributed by atoms with Gasteiger partial charge in [0.25, 0.3) is 0 Å². The van der Waals surface area contributed by atoms with Crippen LogP contribution in [0.5, 0.6) is 0 Å². The summed E-state index contributed by atoms with van der Waals surface area (Å²) >= 11 is 5.85. The summed E-state index contributed by atoms with van der Waals surface area (Å²) in [5, 5.41) is 0.737. The molecule has 2 aromatic carbocycles. The Bertz CT molecular complexity index is 989. The van der Waals surface area contributed by atoms with Crippen LogP contribution in [0, 0.1) is 0 Å². The van der Waals surface area contributed by atoms with Gasteiger partial charge < -0.3 is 9.32 Å². The number of carbonyl (C=O) groups is 1. The van der Waals surface area contributed by atoms with Crippen LogP contribution in [0.3, 0.4) is 0 Å². The minimum atomic E-state index is -0.624. The first kappa shape index (κ1) is 18.2. The molecule has 3 rings (SSSR count). The second-order valence-electron chi connectivity index (χ2n) is 5.98. The summed E-state index contributed by atoms with van der Waals surface area (Å²) in [6, 6.07) is 13.3. The van der Waals surface area contributed by atoms with Crippen molar-refractivity contribution in [3.63, 3.8) is 0 Å². The quantitative estimate of drug-likeness (QED) is 0.354. The lowest BCUT2D eigenvalue weighted by Gasteiger charge is -2.21. The van der Waals surface area contributed by atoms with Crippen molar-refractivity contribution in [1.29, 1.82) is 0 Å². The average Bonchev–Trinajstić information content (AvgIpc) is 2.68. The van der Waals surface area contributed by atoms with Crippen LogP contribution < -0.4 is 10.5 Å². The van der Waals surface area contributed by atoms with Crippen molar-refractivity contribution in [3.05, 3.63) is 64.0 Å². The van der Waals surface area contributed by atoms with E-state index in [0.29, 0.717) is 23.3 Å². The maximum Gasteiger partial charge on any atom is 0.347 e. The Hall–Kier alpha value is -2.59. The molecule has 0 bridgehead atoms. The van der Waals surface area contributed by atoms with E-state index in [-0.39, 0.29) is 5.56 Å². The van der Waals surface area contributed by atoms with E-state index >= 15 is 0 Å². The van der Waals surface area contributed by atoms with Crippen LogP contribution in [0.4, 0.5) is 5.69 Å². The Labute approximate surface area is 157 Å². The molecule has 26 heavy (non-hydrogen) atoms. The third kappa shape index (κ3) is 3.25. The standard InChI is InChI=1S/C21H20ClNO3/c1-3-23(4-2)16-9-10-17-19(11-16)26-21(25)18(13-24)20(17)15-7-5-14(12-22)6-8-15/h5-11,13H,3-4,12H2,1-2H3.